The van der Waals surface area contributed by atoms with Crippen LogP contribution in [0.25, 0.3) is 10.9 Å². The van der Waals surface area contributed by atoms with Gasteiger partial charge in [0.2, 0.25) is 0 Å². The van der Waals surface area contributed by atoms with Crippen molar-refractivity contribution in [3.8, 4) is 5.75 Å². The number of fused-ring (bicyclic) bond motifs is 2. The first-order valence-electron chi connectivity index (χ1n) is 10.7. The molecule has 6 heteroatoms. The van der Waals surface area contributed by atoms with E-state index < -0.39 is 0 Å². The molecule has 0 saturated heterocycles. The Kier molecular flexibility index (Phi) is 6.37. The molecule has 0 bridgehead atoms. The van der Waals surface area contributed by atoms with Crippen LogP contribution in [-0.2, 0) is 11.2 Å². The summed E-state index contributed by atoms with van der Waals surface area (Å²) in [5.41, 5.74) is 4.59. The average molecular weight is 420 g/mol. The molecular weight excluding hydrogens is 390 g/mol. The van der Waals surface area contributed by atoms with E-state index in [2.05, 4.69) is 11.4 Å². The molecule has 1 aliphatic heterocycles. The number of hydrogen-bond donors (Lipinski definition) is 1. The Labute approximate surface area is 183 Å². The number of ether oxygens (including phenoxy) is 2. The fourth-order valence-electron chi connectivity index (χ4n) is 4.25. The molecule has 1 aromatic heterocycles. The van der Waals surface area contributed by atoms with E-state index in [4.69, 9.17) is 14.5 Å². The first kappa shape index (κ1) is 21.1. The van der Waals surface area contributed by atoms with Gasteiger partial charge in [-0.2, -0.15) is 0 Å². The number of rotatable bonds is 7. The Hall–Kier alpha value is -3.12. The van der Waals surface area contributed by atoms with Gasteiger partial charge in [0, 0.05) is 51.4 Å². The van der Waals surface area contributed by atoms with Crippen molar-refractivity contribution in [1.82, 2.24) is 10.3 Å². The highest BCUT2D eigenvalue weighted by molar-refractivity contribution is 6.08. The highest BCUT2D eigenvalue weighted by atomic mass is 16.5. The molecule has 6 nitrogen and oxygen atoms in total. The number of anilines is 1. The van der Waals surface area contributed by atoms with E-state index >= 15 is 0 Å². The summed E-state index contributed by atoms with van der Waals surface area (Å²) in [5.74, 6) is 0.716. The van der Waals surface area contributed by atoms with Crippen LogP contribution in [0.4, 0.5) is 5.69 Å². The molecule has 1 amide bonds. The maximum Gasteiger partial charge on any atom is 0.255 e. The number of benzene rings is 2. The normalized spacial score (nSPS) is 15.3. The van der Waals surface area contributed by atoms with E-state index in [0.29, 0.717) is 18.8 Å². The first-order chi connectivity index (χ1) is 15.1. The number of aryl methyl sites for hydroxylation is 1. The second-order valence-corrected chi connectivity index (χ2v) is 8.03. The minimum absolute atomic E-state index is 0.0801. The maximum absolute atomic E-state index is 13.4. The van der Waals surface area contributed by atoms with Crippen LogP contribution < -0.4 is 15.0 Å². The van der Waals surface area contributed by atoms with E-state index in [-0.39, 0.29) is 11.9 Å². The van der Waals surface area contributed by atoms with Gasteiger partial charge in [-0.15, -0.1) is 0 Å². The molecule has 0 unspecified atom stereocenters. The number of nitrogens with zero attached hydrogens (tertiary/aromatic N) is 2. The number of para-hydroxylation sites is 2. The molecule has 2 aromatic carbocycles. The van der Waals surface area contributed by atoms with Crippen LogP contribution in [0.2, 0.25) is 0 Å². The summed E-state index contributed by atoms with van der Waals surface area (Å²) >= 11 is 0. The second-order valence-electron chi connectivity index (χ2n) is 8.03. The summed E-state index contributed by atoms with van der Waals surface area (Å²) in [6, 6.07) is 14.0. The summed E-state index contributed by atoms with van der Waals surface area (Å²) < 4.78 is 10.9. The molecule has 4 rings (SSSR count). The van der Waals surface area contributed by atoms with Crippen LogP contribution in [0.15, 0.2) is 48.7 Å². The number of aromatic nitrogens is 1. The second kappa shape index (κ2) is 9.35. The molecule has 0 aliphatic carbocycles. The molecule has 0 spiro atoms. The Morgan fingerprint density at radius 3 is 2.87 bits per heavy atom. The van der Waals surface area contributed by atoms with Crippen LogP contribution in [-0.4, -0.2) is 45.3 Å². The minimum atomic E-state index is -0.121. The Morgan fingerprint density at radius 2 is 2.06 bits per heavy atom. The average Bonchev–Trinajstić information content (AvgIpc) is 2.78. The largest absolute Gasteiger partial charge is 0.493 e. The van der Waals surface area contributed by atoms with E-state index in [1.807, 2.05) is 55.4 Å². The van der Waals surface area contributed by atoms with Crippen LogP contribution >= 0.6 is 0 Å². The van der Waals surface area contributed by atoms with E-state index in [0.717, 1.165) is 47.2 Å². The fraction of sp³-hybridized carbons (Fsp3) is 0.360. The molecule has 162 valence electrons. The Morgan fingerprint density at radius 1 is 1.23 bits per heavy atom. The molecule has 0 saturated carbocycles. The predicted octanol–water partition coefficient (Wildman–Crippen LogP) is 4.13. The lowest BCUT2D eigenvalue weighted by Gasteiger charge is -2.27. The summed E-state index contributed by atoms with van der Waals surface area (Å²) in [5, 5.41) is 4.19. The van der Waals surface area contributed by atoms with Gasteiger partial charge in [-0.1, -0.05) is 36.4 Å². The van der Waals surface area contributed by atoms with Gasteiger partial charge in [-0.05, 0) is 24.5 Å². The fourth-order valence-corrected chi connectivity index (χ4v) is 4.25. The molecule has 0 fully saturated rings. The number of amides is 1. The van der Waals surface area contributed by atoms with Crippen LogP contribution in [0.1, 0.15) is 40.4 Å². The number of nitrogens with one attached hydrogen (secondary N) is 1. The number of carbonyl (C=O) groups excluding carboxylic acids is 1. The zero-order valence-electron chi connectivity index (χ0n) is 18.4. The van der Waals surface area contributed by atoms with Crippen molar-refractivity contribution >= 4 is 22.5 Å². The predicted molar refractivity (Wildman–Crippen MR) is 123 cm³/mol. The van der Waals surface area contributed by atoms with Crippen molar-refractivity contribution in [1.29, 1.82) is 0 Å². The highest BCUT2D eigenvalue weighted by Crippen LogP contribution is 2.34. The van der Waals surface area contributed by atoms with Crippen molar-refractivity contribution in [3.05, 3.63) is 65.4 Å². The third-order valence-electron chi connectivity index (χ3n) is 5.70. The topological polar surface area (TPSA) is 63.7 Å². The summed E-state index contributed by atoms with van der Waals surface area (Å²) in [4.78, 5) is 20.1. The molecule has 1 N–H and O–H groups in total. The van der Waals surface area contributed by atoms with Crippen molar-refractivity contribution in [2.75, 3.05) is 39.3 Å². The Balaban J connectivity index is 1.67. The van der Waals surface area contributed by atoms with Gasteiger partial charge < -0.3 is 19.7 Å². The number of hydrogen-bond acceptors (Lipinski definition) is 5. The van der Waals surface area contributed by atoms with Crippen molar-refractivity contribution in [2.45, 2.75) is 25.3 Å². The van der Waals surface area contributed by atoms with E-state index in [1.165, 1.54) is 5.56 Å². The molecule has 1 aliphatic rings. The molecular formula is C25H29N3O3. The molecule has 31 heavy (non-hydrogen) atoms. The number of pyridine rings is 1. The quantitative estimate of drug-likeness (QED) is 0.584. The van der Waals surface area contributed by atoms with Gasteiger partial charge in [0.15, 0.2) is 0 Å². The van der Waals surface area contributed by atoms with Gasteiger partial charge in [-0.25, -0.2) is 0 Å². The minimum Gasteiger partial charge on any atom is -0.493 e. The van der Waals surface area contributed by atoms with Crippen LogP contribution in [0.3, 0.4) is 0 Å². The summed E-state index contributed by atoms with van der Waals surface area (Å²) in [6.07, 6.45) is 4.26. The standard InChI is InChI=1S/C25H29N3O3/c1-28(2)24-19-11-6-8-17(9-7-14-30-3)23(19)26-16-20(24)25(29)27-21-13-15-31-22-12-5-4-10-18(21)22/h4-6,8,10-12,16,21H,7,9,13-15H2,1-3H3,(H,27,29)/t21-/m0/s1. The Bertz CT molecular complexity index is 1080. The number of carbonyl (C=O) groups is 1. The third kappa shape index (κ3) is 4.35. The SMILES string of the molecule is COCCCc1cccc2c(N(C)C)c(C(=O)N[C@H]3CCOc4ccccc43)cnc12. The highest BCUT2D eigenvalue weighted by Gasteiger charge is 2.25. The summed E-state index contributed by atoms with van der Waals surface area (Å²) in [6.45, 7) is 1.30. The number of methoxy groups -OCH3 is 1. The zero-order chi connectivity index (χ0) is 21.8. The van der Waals surface area contributed by atoms with Gasteiger partial charge in [0.1, 0.15) is 5.75 Å². The molecule has 0 radical (unpaired) electrons. The molecule has 2 heterocycles. The smallest absolute Gasteiger partial charge is 0.255 e. The maximum atomic E-state index is 13.4. The third-order valence-corrected chi connectivity index (χ3v) is 5.70. The van der Waals surface area contributed by atoms with E-state index in [9.17, 15) is 4.79 Å². The van der Waals surface area contributed by atoms with Crippen LogP contribution in [0, 0.1) is 0 Å². The molecule has 1 atom stereocenters. The molecule has 3 aromatic rings. The van der Waals surface area contributed by atoms with Gasteiger partial charge >= 0.3 is 0 Å². The van der Waals surface area contributed by atoms with Crippen molar-refractivity contribution in [3.63, 3.8) is 0 Å². The monoisotopic (exact) mass is 419 g/mol. The lowest BCUT2D eigenvalue weighted by molar-refractivity contribution is 0.0925. The van der Waals surface area contributed by atoms with Gasteiger partial charge in [0.25, 0.3) is 5.91 Å². The van der Waals surface area contributed by atoms with Crippen molar-refractivity contribution in [2.24, 2.45) is 0 Å². The van der Waals surface area contributed by atoms with Gasteiger partial charge in [0.05, 0.1) is 29.4 Å². The first-order valence-corrected chi connectivity index (χ1v) is 10.7. The van der Waals surface area contributed by atoms with E-state index in [1.54, 1.807) is 13.3 Å². The lowest BCUT2D eigenvalue weighted by Crippen LogP contribution is -2.33. The van der Waals surface area contributed by atoms with Gasteiger partial charge in [-0.3, -0.25) is 9.78 Å². The van der Waals surface area contributed by atoms with Crippen LogP contribution in [0.5, 0.6) is 5.75 Å². The summed E-state index contributed by atoms with van der Waals surface area (Å²) in [7, 11) is 5.65. The van der Waals surface area contributed by atoms with Crippen molar-refractivity contribution < 1.29 is 14.3 Å². The zero-order valence-corrected chi connectivity index (χ0v) is 18.4. The lowest BCUT2D eigenvalue weighted by atomic mass is 9.99.